The number of carbonyl (C=O) groups excluding carboxylic acids is 1. The number of benzene rings is 1. The van der Waals surface area contributed by atoms with Crippen molar-refractivity contribution in [3.05, 3.63) is 57.8 Å². The van der Waals surface area contributed by atoms with Gasteiger partial charge in [0.25, 0.3) is 0 Å². The van der Waals surface area contributed by atoms with Gasteiger partial charge in [0, 0.05) is 23.1 Å². The molecule has 2 aromatic rings. The van der Waals surface area contributed by atoms with E-state index < -0.39 is 0 Å². The summed E-state index contributed by atoms with van der Waals surface area (Å²) in [6.45, 7) is 0.782. The molecule has 4 nitrogen and oxygen atoms in total. The van der Waals surface area contributed by atoms with Crippen molar-refractivity contribution in [2.75, 3.05) is 19.0 Å². The number of fused-ring (bicyclic) bond motifs is 1. The van der Waals surface area contributed by atoms with E-state index in [1.54, 1.807) is 18.5 Å². The summed E-state index contributed by atoms with van der Waals surface area (Å²) in [7, 11) is 1.39. The number of nitrogens with one attached hydrogen (secondary N) is 1. The Morgan fingerprint density at radius 3 is 3.13 bits per heavy atom. The first-order valence-corrected chi connectivity index (χ1v) is 8.53. The first-order chi connectivity index (χ1) is 11.2. The van der Waals surface area contributed by atoms with Gasteiger partial charge in [-0.1, -0.05) is 22.0 Å². The van der Waals surface area contributed by atoms with Crippen molar-refractivity contribution in [2.24, 2.45) is 0 Å². The fraction of sp³-hybridized carbons (Fsp3) is 0.333. The molecule has 23 heavy (non-hydrogen) atoms. The minimum Gasteiger partial charge on any atom is -0.465 e. The van der Waals surface area contributed by atoms with Crippen LogP contribution < -0.4 is 5.32 Å². The van der Waals surface area contributed by atoms with Gasteiger partial charge in [-0.25, -0.2) is 4.79 Å². The highest BCUT2D eigenvalue weighted by molar-refractivity contribution is 9.10. The van der Waals surface area contributed by atoms with E-state index in [9.17, 15) is 4.79 Å². The maximum Gasteiger partial charge on any atom is 0.340 e. The highest BCUT2D eigenvalue weighted by Crippen LogP contribution is 2.33. The number of rotatable bonds is 4. The number of nitrogens with zero attached hydrogens (tertiary/aromatic N) is 1. The Bertz CT molecular complexity index is 718. The molecule has 1 aliphatic rings. The zero-order chi connectivity index (χ0) is 16.2. The van der Waals surface area contributed by atoms with Gasteiger partial charge < -0.3 is 10.1 Å². The van der Waals surface area contributed by atoms with Gasteiger partial charge in [0.15, 0.2) is 0 Å². The maximum atomic E-state index is 11.8. The molecule has 0 fully saturated rings. The number of ether oxygens (including phenoxy) is 1. The molecule has 1 N–H and O–H groups in total. The molecule has 0 saturated heterocycles. The van der Waals surface area contributed by atoms with E-state index in [0.29, 0.717) is 11.5 Å². The summed E-state index contributed by atoms with van der Waals surface area (Å²) < 4.78 is 5.96. The van der Waals surface area contributed by atoms with Crippen LogP contribution in [0.1, 0.15) is 40.2 Å². The van der Waals surface area contributed by atoms with Crippen LogP contribution in [-0.4, -0.2) is 24.6 Å². The van der Waals surface area contributed by atoms with E-state index in [4.69, 9.17) is 4.74 Å². The van der Waals surface area contributed by atoms with Gasteiger partial charge in [0.1, 0.15) is 0 Å². The predicted molar refractivity (Wildman–Crippen MR) is 93.9 cm³/mol. The van der Waals surface area contributed by atoms with Crippen LogP contribution >= 0.6 is 15.9 Å². The van der Waals surface area contributed by atoms with Gasteiger partial charge >= 0.3 is 5.97 Å². The third-order valence-electron chi connectivity index (χ3n) is 4.31. The Morgan fingerprint density at radius 2 is 2.30 bits per heavy atom. The quantitative estimate of drug-likeness (QED) is 0.816. The molecule has 1 atom stereocenters. The summed E-state index contributed by atoms with van der Waals surface area (Å²) in [4.78, 5) is 15.9. The monoisotopic (exact) mass is 374 g/mol. The van der Waals surface area contributed by atoms with Crippen LogP contribution in [0, 0.1) is 0 Å². The molecular formula is C18H19BrN2O2. The molecule has 1 heterocycles. The van der Waals surface area contributed by atoms with Gasteiger partial charge in [-0.2, -0.15) is 0 Å². The lowest BCUT2D eigenvalue weighted by Gasteiger charge is -2.26. The second-order valence-electron chi connectivity index (χ2n) is 5.73. The fourth-order valence-corrected chi connectivity index (χ4v) is 3.56. The fourth-order valence-electron chi connectivity index (χ4n) is 3.15. The van der Waals surface area contributed by atoms with Gasteiger partial charge in [0.05, 0.1) is 24.6 Å². The number of hydrogen-bond acceptors (Lipinski definition) is 4. The Morgan fingerprint density at radius 1 is 1.43 bits per heavy atom. The first-order valence-electron chi connectivity index (χ1n) is 7.73. The van der Waals surface area contributed by atoms with Gasteiger partial charge in [-0.3, -0.25) is 4.98 Å². The topological polar surface area (TPSA) is 51.2 Å². The molecule has 1 aliphatic carbocycles. The average molecular weight is 375 g/mol. The summed E-state index contributed by atoms with van der Waals surface area (Å²) in [6, 6.07) is 8.20. The van der Waals surface area contributed by atoms with Crippen molar-refractivity contribution in [1.82, 2.24) is 4.98 Å². The standard InChI is InChI=1S/C18H19BrN2O2/c1-23-18(22)16-7-8-20-11-17(16)21-10-13-4-2-3-12-9-14(19)5-6-15(12)13/h5-9,11,13,21H,2-4,10H2,1H3/t13-/m0/s1. The van der Waals surface area contributed by atoms with Crippen LogP contribution in [0.4, 0.5) is 5.69 Å². The first kappa shape index (κ1) is 16.0. The van der Waals surface area contributed by atoms with E-state index in [0.717, 1.165) is 29.5 Å². The van der Waals surface area contributed by atoms with Crippen molar-refractivity contribution in [2.45, 2.75) is 25.2 Å². The number of methoxy groups -OCH3 is 1. The molecule has 0 saturated carbocycles. The second-order valence-corrected chi connectivity index (χ2v) is 6.64. The second kappa shape index (κ2) is 7.13. The third kappa shape index (κ3) is 3.55. The van der Waals surface area contributed by atoms with E-state index in [-0.39, 0.29) is 5.97 Å². The van der Waals surface area contributed by atoms with Crippen molar-refractivity contribution in [3.8, 4) is 0 Å². The Balaban J connectivity index is 1.77. The van der Waals surface area contributed by atoms with Crippen LogP contribution in [0.2, 0.25) is 0 Å². The van der Waals surface area contributed by atoms with Crippen LogP contribution in [0.5, 0.6) is 0 Å². The lowest BCUT2D eigenvalue weighted by Crippen LogP contribution is -2.19. The predicted octanol–water partition coefficient (Wildman–Crippen LogP) is 4.16. The Labute approximate surface area is 144 Å². The van der Waals surface area contributed by atoms with Gasteiger partial charge in [0.2, 0.25) is 0 Å². The lowest BCUT2D eigenvalue weighted by molar-refractivity contribution is 0.0601. The average Bonchev–Trinajstić information content (AvgIpc) is 2.59. The number of pyridine rings is 1. The molecule has 0 radical (unpaired) electrons. The minimum atomic E-state index is -0.345. The number of aryl methyl sites for hydroxylation is 1. The molecule has 0 bridgehead atoms. The molecule has 1 aromatic heterocycles. The van der Waals surface area contributed by atoms with Crippen molar-refractivity contribution in [3.63, 3.8) is 0 Å². The van der Waals surface area contributed by atoms with Crippen LogP contribution in [0.25, 0.3) is 0 Å². The van der Waals surface area contributed by atoms with Crippen molar-refractivity contribution in [1.29, 1.82) is 0 Å². The van der Waals surface area contributed by atoms with Crippen LogP contribution in [0.15, 0.2) is 41.1 Å². The molecule has 1 aromatic carbocycles. The SMILES string of the molecule is COC(=O)c1ccncc1NC[C@@H]1CCCc2cc(Br)ccc21. The number of aromatic nitrogens is 1. The van der Waals surface area contributed by atoms with E-state index in [2.05, 4.69) is 44.4 Å². The Kier molecular flexibility index (Phi) is 4.96. The summed E-state index contributed by atoms with van der Waals surface area (Å²) in [5, 5.41) is 3.38. The van der Waals surface area contributed by atoms with Crippen molar-refractivity contribution >= 4 is 27.6 Å². The van der Waals surface area contributed by atoms with Gasteiger partial charge in [-0.15, -0.1) is 0 Å². The summed E-state index contributed by atoms with van der Waals surface area (Å²) in [5.74, 6) is 0.0976. The largest absolute Gasteiger partial charge is 0.465 e. The summed E-state index contributed by atoms with van der Waals surface area (Å²) in [5.41, 5.74) is 4.06. The Hall–Kier alpha value is -1.88. The molecule has 0 spiro atoms. The lowest BCUT2D eigenvalue weighted by atomic mass is 9.83. The number of esters is 1. The van der Waals surface area contributed by atoms with E-state index >= 15 is 0 Å². The number of halogens is 1. The normalized spacial score (nSPS) is 16.5. The number of anilines is 1. The van der Waals surface area contributed by atoms with Crippen molar-refractivity contribution < 1.29 is 9.53 Å². The zero-order valence-corrected chi connectivity index (χ0v) is 14.6. The number of carbonyl (C=O) groups is 1. The highest BCUT2D eigenvalue weighted by atomic mass is 79.9. The third-order valence-corrected chi connectivity index (χ3v) is 4.80. The van der Waals surface area contributed by atoms with E-state index in [1.165, 1.54) is 24.7 Å². The number of hydrogen-bond donors (Lipinski definition) is 1. The molecule has 3 rings (SSSR count). The molecule has 120 valence electrons. The summed E-state index contributed by atoms with van der Waals surface area (Å²) >= 11 is 3.54. The molecule has 0 aliphatic heterocycles. The highest BCUT2D eigenvalue weighted by Gasteiger charge is 2.21. The minimum absolute atomic E-state index is 0.345. The molecular weight excluding hydrogens is 356 g/mol. The smallest absolute Gasteiger partial charge is 0.340 e. The van der Waals surface area contributed by atoms with Crippen LogP contribution in [0.3, 0.4) is 0 Å². The molecule has 0 unspecified atom stereocenters. The molecule has 0 amide bonds. The van der Waals surface area contributed by atoms with E-state index in [1.807, 2.05) is 0 Å². The molecule has 5 heteroatoms. The summed E-state index contributed by atoms with van der Waals surface area (Å²) in [6.07, 6.45) is 6.75. The van der Waals surface area contributed by atoms with Gasteiger partial charge in [-0.05, 0) is 48.6 Å². The van der Waals surface area contributed by atoms with Crippen LogP contribution in [-0.2, 0) is 11.2 Å². The maximum absolute atomic E-state index is 11.8. The zero-order valence-electron chi connectivity index (χ0n) is 13.0.